The molecule has 2 aliphatic rings. The molecule has 0 radical (unpaired) electrons. The van der Waals surface area contributed by atoms with Crippen molar-refractivity contribution >= 4 is 18.1 Å². The third-order valence-electron chi connectivity index (χ3n) is 9.73. The fourth-order valence-electron chi connectivity index (χ4n) is 7.65. The number of allylic oxidation sites excluding steroid dienone is 2. The van der Waals surface area contributed by atoms with Crippen LogP contribution in [0.3, 0.4) is 0 Å². The predicted octanol–water partition coefficient (Wildman–Crippen LogP) is 11.1. The molecule has 213 valence electrons. The van der Waals surface area contributed by atoms with E-state index in [0.717, 1.165) is 0 Å². The van der Waals surface area contributed by atoms with E-state index < -0.39 is 26.6 Å². The number of hydrogen-bond acceptors (Lipinski definition) is 0. The van der Waals surface area contributed by atoms with Gasteiger partial charge in [-0.15, -0.1) is 0 Å². The van der Waals surface area contributed by atoms with Crippen molar-refractivity contribution in [3.63, 3.8) is 0 Å². The second-order valence-electron chi connectivity index (χ2n) is 13.4. The zero-order chi connectivity index (χ0) is 29.7. The predicted molar refractivity (Wildman–Crippen MR) is 183 cm³/mol. The van der Waals surface area contributed by atoms with Gasteiger partial charge in [-0.05, 0) is 0 Å². The first-order chi connectivity index (χ1) is 20.2. The molecule has 0 heterocycles. The molecule has 0 bridgehead atoms. The van der Waals surface area contributed by atoms with Crippen molar-refractivity contribution in [1.82, 2.24) is 0 Å². The van der Waals surface area contributed by atoms with Crippen LogP contribution in [-0.2, 0) is 20.6 Å². The van der Waals surface area contributed by atoms with Crippen molar-refractivity contribution in [2.24, 2.45) is 11.8 Å². The Morgan fingerprint density at radius 3 is 1.26 bits per heavy atom. The minimum absolute atomic E-state index is 0.561. The van der Waals surface area contributed by atoms with Gasteiger partial charge in [0.2, 0.25) is 0 Å². The van der Waals surface area contributed by atoms with Crippen LogP contribution in [0.1, 0.15) is 68.4 Å². The molecule has 0 spiro atoms. The van der Waals surface area contributed by atoms with E-state index in [2.05, 4.69) is 152 Å². The van der Waals surface area contributed by atoms with E-state index in [1.54, 1.807) is 22.3 Å². The Balaban J connectivity index is 1.55. The van der Waals surface area contributed by atoms with Crippen LogP contribution in [0.2, 0.25) is 13.1 Å². The zero-order valence-electron chi connectivity index (χ0n) is 26.6. The molecule has 2 aliphatic carbocycles. The van der Waals surface area contributed by atoms with Gasteiger partial charge < -0.3 is 0 Å². The topological polar surface area (TPSA) is 0 Å². The van der Waals surface area contributed by atoms with Crippen molar-refractivity contribution in [1.29, 1.82) is 0 Å². The van der Waals surface area contributed by atoms with Crippen LogP contribution >= 0.6 is 0 Å². The molecule has 0 saturated heterocycles. The van der Waals surface area contributed by atoms with Crippen molar-refractivity contribution < 1.29 is 20.6 Å². The molecule has 0 aromatic heterocycles. The Labute approximate surface area is 262 Å². The first-order valence-corrected chi connectivity index (χ1v) is 29.1. The Morgan fingerprint density at radius 2 is 0.905 bits per heavy atom. The Kier molecular flexibility index (Phi) is 8.33. The van der Waals surface area contributed by atoms with Crippen molar-refractivity contribution in [2.45, 2.75) is 62.0 Å². The number of aryl methyl sites for hydroxylation is 2. The SMILES string of the molecule is Cc1ccccc1-c1cccc2c1C=C(C(C)C)[CH]2[Hf]([CH]1C(C(C)C)=Cc2c(-c3ccccc3C)cccc21)[SiH](C)C. The van der Waals surface area contributed by atoms with Gasteiger partial charge in [-0.25, -0.2) is 0 Å². The quantitative estimate of drug-likeness (QED) is 0.166. The first kappa shape index (κ1) is 29.5. The van der Waals surface area contributed by atoms with Crippen LogP contribution in [0.5, 0.6) is 0 Å². The molecule has 4 aromatic rings. The van der Waals surface area contributed by atoms with Gasteiger partial charge >= 0.3 is 264 Å². The van der Waals surface area contributed by atoms with Crippen LogP contribution in [0.15, 0.2) is 96.1 Å². The van der Waals surface area contributed by atoms with E-state index in [1.165, 1.54) is 44.5 Å². The zero-order valence-corrected chi connectivity index (χ0v) is 31.4. The van der Waals surface area contributed by atoms with Gasteiger partial charge in [-0.3, -0.25) is 0 Å². The summed E-state index contributed by atoms with van der Waals surface area (Å²) >= 11 is -2.42. The van der Waals surface area contributed by atoms with Crippen molar-refractivity contribution in [2.75, 3.05) is 0 Å². The Hall–Kier alpha value is -2.55. The Bertz CT molecular complexity index is 1580. The molecule has 4 aromatic carbocycles. The summed E-state index contributed by atoms with van der Waals surface area (Å²) in [5.74, 6) is 0.185. The molecular weight excluding hydrogens is 687 g/mol. The maximum atomic E-state index is 2.70. The van der Waals surface area contributed by atoms with E-state index in [1.807, 2.05) is 0 Å². The van der Waals surface area contributed by atoms with E-state index in [4.69, 9.17) is 0 Å². The van der Waals surface area contributed by atoms with Gasteiger partial charge in [0.25, 0.3) is 0 Å². The summed E-state index contributed by atoms with van der Waals surface area (Å²) in [6, 6.07) is 32.4. The fraction of sp³-hybridized carbons (Fsp3) is 0.300. The van der Waals surface area contributed by atoms with Crippen LogP contribution in [0.4, 0.5) is 0 Å². The Morgan fingerprint density at radius 1 is 0.524 bits per heavy atom. The molecular formula is C40H45HfSi. The van der Waals surface area contributed by atoms with Gasteiger partial charge in [0.05, 0.1) is 0 Å². The first-order valence-electron chi connectivity index (χ1n) is 15.9. The van der Waals surface area contributed by atoms with Crippen molar-refractivity contribution in [3.8, 4) is 22.3 Å². The van der Waals surface area contributed by atoms with Gasteiger partial charge in [-0.2, -0.15) is 0 Å². The molecule has 0 saturated carbocycles. The third-order valence-corrected chi connectivity index (χ3v) is 40.3. The van der Waals surface area contributed by atoms with E-state index in [-0.39, 0.29) is 0 Å². The maximum absolute atomic E-state index is 2.70. The summed E-state index contributed by atoms with van der Waals surface area (Å²) in [4.78, 5) is 0. The number of hydrogen-bond donors (Lipinski definition) is 0. The van der Waals surface area contributed by atoms with Crippen LogP contribution < -0.4 is 0 Å². The molecule has 2 unspecified atom stereocenters. The number of rotatable bonds is 7. The number of benzene rings is 4. The summed E-state index contributed by atoms with van der Waals surface area (Å²) in [6.45, 7) is 19.7. The van der Waals surface area contributed by atoms with Crippen LogP contribution in [0.25, 0.3) is 34.4 Å². The molecule has 0 N–H and O–H groups in total. The van der Waals surface area contributed by atoms with Gasteiger partial charge in [0, 0.05) is 0 Å². The molecule has 0 fully saturated rings. The monoisotopic (exact) mass is 733 g/mol. The van der Waals surface area contributed by atoms with Crippen molar-refractivity contribution in [3.05, 3.63) is 129 Å². The normalized spacial score (nSPS) is 17.5. The number of fused-ring (bicyclic) bond motifs is 2. The average Bonchev–Trinajstić information content (AvgIpc) is 3.54. The summed E-state index contributed by atoms with van der Waals surface area (Å²) in [6.07, 6.45) is 5.29. The van der Waals surface area contributed by atoms with E-state index in [9.17, 15) is 0 Å². The van der Waals surface area contributed by atoms with Gasteiger partial charge in [-0.1, -0.05) is 0 Å². The summed E-state index contributed by atoms with van der Waals surface area (Å²) in [5.41, 5.74) is 18.1. The second-order valence-corrected chi connectivity index (χ2v) is 41.3. The van der Waals surface area contributed by atoms with Crippen LogP contribution in [-0.4, -0.2) is 5.98 Å². The van der Waals surface area contributed by atoms with E-state index in [0.29, 0.717) is 19.2 Å². The summed E-state index contributed by atoms with van der Waals surface area (Å²) in [7, 11) is 0. The molecule has 0 nitrogen and oxygen atoms in total. The molecule has 2 heteroatoms. The van der Waals surface area contributed by atoms with Gasteiger partial charge in [0.15, 0.2) is 0 Å². The molecule has 2 atom stereocenters. The molecule has 0 amide bonds. The summed E-state index contributed by atoms with van der Waals surface area (Å²) < 4.78 is 1.33. The molecule has 42 heavy (non-hydrogen) atoms. The van der Waals surface area contributed by atoms with Crippen LogP contribution in [0, 0.1) is 25.7 Å². The van der Waals surface area contributed by atoms with E-state index >= 15 is 0 Å². The standard InChI is InChI=1S/2C19H19.C2H7Si.Hf/c2*1-13(2)16-11-15-8-6-10-18(19(15)12-16)17-9-5-4-7-14(17)3;1-3-2;/h2*4-13H,1-3H3;3H,1-2H3;. The second kappa shape index (κ2) is 11.9. The van der Waals surface area contributed by atoms with Gasteiger partial charge in [0.1, 0.15) is 0 Å². The molecule has 6 rings (SSSR count). The average molecular weight is 732 g/mol. The molecule has 0 aliphatic heterocycles. The third kappa shape index (κ3) is 5.03. The summed E-state index contributed by atoms with van der Waals surface area (Å²) in [5, 5.41) is 0. The minimum atomic E-state index is -2.42. The fourth-order valence-corrected chi connectivity index (χ4v) is 40.8.